The Bertz CT molecular complexity index is 174. The van der Waals surface area contributed by atoms with E-state index in [1.165, 1.54) is 0 Å². The van der Waals surface area contributed by atoms with E-state index in [1.807, 2.05) is 0 Å². The number of carbonyl (C=O) groups is 2. The number of rotatable bonds is 4. The van der Waals surface area contributed by atoms with Crippen LogP contribution in [-0.4, -0.2) is 42.1 Å². The van der Waals surface area contributed by atoms with Gasteiger partial charge < -0.3 is 0 Å². The number of aliphatic carboxylic acids is 1. The number of ketones is 1. The fourth-order valence-corrected chi connectivity index (χ4v) is 0.542. The van der Waals surface area contributed by atoms with Crippen LogP contribution in [0.4, 0.5) is 0 Å². The molecule has 56 valence electrons. The van der Waals surface area contributed by atoms with Gasteiger partial charge in [-0.15, -0.1) is 0 Å². The average molecular weight is 209 g/mol. The van der Waals surface area contributed by atoms with Crippen molar-refractivity contribution < 1.29 is 19.8 Å². The molecule has 4 nitrogen and oxygen atoms in total. The molecule has 0 amide bonds. The van der Waals surface area contributed by atoms with Crippen LogP contribution in [0, 0.1) is 0 Å². The average Bonchev–Trinajstić information content (AvgIpc) is 1.82. The second-order valence-corrected chi connectivity index (χ2v) is 2.43. The molecule has 0 unspecified atom stereocenters. The third-order valence-corrected chi connectivity index (χ3v) is 1.28. The molecule has 0 atom stereocenters. The first-order valence-corrected chi connectivity index (χ1v) is 3.37. The third-order valence-electron chi connectivity index (χ3n) is 0.804. The zero-order chi connectivity index (χ0) is 8.15. The fraction of sp³-hybridized carbons (Fsp3) is 0.400. The summed E-state index contributed by atoms with van der Waals surface area (Å²) < 4.78 is -0.457. The summed E-state index contributed by atoms with van der Waals surface area (Å²) in [5, 5.41) is 16.5. The molecule has 0 rings (SSSR count). The van der Waals surface area contributed by atoms with Gasteiger partial charge in [-0.1, -0.05) is 0 Å². The summed E-state index contributed by atoms with van der Waals surface area (Å²) in [7, 11) is 0. The molecule has 0 bridgehead atoms. The van der Waals surface area contributed by atoms with Crippen LogP contribution in [0.25, 0.3) is 0 Å². The van der Waals surface area contributed by atoms with Crippen molar-refractivity contribution >= 4 is 31.9 Å². The second kappa shape index (κ2) is 4.19. The Morgan fingerprint density at radius 3 is 2.00 bits per heavy atom. The zero-order valence-electron chi connectivity index (χ0n) is 5.03. The monoisotopic (exact) mass is 210 g/mol. The summed E-state index contributed by atoms with van der Waals surface area (Å²) in [6.07, 6.45) is -0.404. The molecule has 0 saturated heterocycles. The molecule has 0 aliphatic heterocycles. The van der Waals surface area contributed by atoms with Crippen LogP contribution < -0.4 is 0 Å². The Hall–Kier alpha value is -0.671. The maximum atomic E-state index is 10.5. The van der Waals surface area contributed by atoms with Gasteiger partial charge in [0.05, 0.1) is 0 Å². The van der Waals surface area contributed by atoms with Crippen molar-refractivity contribution in [1.82, 2.24) is 0 Å². The number of hydrogen-bond donors (Lipinski definition) is 2. The van der Waals surface area contributed by atoms with Crippen molar-refractivity contribution in [3.05, 3.63) is 0 Å². The first-order chi connectivity index (χ1) is 4.54. The molecule has 0 saturated carbocycles. The van der Waals surface area contributed by atoms with E-state index in [2.05, 4.69) is 15.6 Å². The second-order valence-electron chi connectivity index (χ2n) is 1.62. The van der Waals surface area contributed by atoms with Crippen LogP contribution >= 0.6 is 0 Å². The van der Waals surface area contributed by atoms with Crippen molar-refractivity contribution in [1.29, 1.82) is 0 Å². The van der Waals surface area contributed by atoms with Crippen molar-refractivity contribution in [2.75, 3.05) is 0 Å². The van der Waals surface area contributed by atoms with E-state index >= 15 is 0 Å². The van der Waals surface area contributed by atoms with Crippen molar-refractivity contribution in [3.8, 4) is 0 Å². The Morgan fingerprint density at radius 1 is 1.20 bits per heavy atom. The van der Waals surface area contributed by atoms with Crippen LogP contribution in [0.15, 0.2) is 0 Å². The quantitative estimate of drug-likeness (QED) is 0.588. The molecule has 0 aliphatic rings. The molecular formula is C5H6O4Se. The number of Topliss-reactive ketones (excluding diaryl/α,β-unsaturated/α-hetero) is 1. The van der Waals surface area contributed by atoms with Gasteiger partial charge in [-0.3, -0.25) is 0 Å². The Balaban J connectivity index is 3.60. The third kappa shape index (κ3) is 4.23. The topological polar surface area (TPSA) is 74.6 Å². The predicted octanol–water partition coefficient (Wildman–Crippen LogP) is -0.909. The van der Waals surface area contributed by atoms with Gasteiger partial charge in [0.1, 0.15) is 0 Å². The molecule has 0 aromatic carbocycles. The van der Waals surface area contributed by atoms with Gasteiger partial charge in [0.15, 0.2) is 0 Å². The van der Waals surface area contributed by atoms with Crippen LogP contribution in [0.2, 0.25) is 0 Å². The van der Waals surface area contributed by atoms with E-state index in [1.54, 1.807) is 0 Å². The summed E-state index contributed by atoms with van der Waals surface area (Å²) in [4.78, 5) is 20.3. The molecular weight excluding hydrogens is 203 g/mol. The van der Waals surface area contributed by atoms with E-state index in [-0.39, 0.29) is 12.8 Å². The summed E-state index contributed by atoms with van der Waals surface area (Å²) in [6.45, 7) is 0. The molecule has 0 aliphatic carbocycles. The normalized spacial score (nSPS) is 8.80. The maximum absolute atomic E-state index is 10.5. The number of aliphatic hydroxyl groups is 1. The molecule has 0 aromatic heterocycles. The van der Waals surface area contributed by atoms with E-state index in [0.717, 1.165) is 0 Å². The van der Waals surface area contributed by atoms with Crippen LogP contribution in [0.3, 0.4) is 0 Å². The summed E-state index contributed by atoms with van der Waals surface area (Å²) in [5.74, 6) is -1.61. The van der Waals surface area contributed by atoms with E-state index < -0.39 is 16.4 Å². The number of carbonyl (C=O) groups excluding carboxylic acids is 1. The zero-order valence-corrected chi connectivity index (χ0v) is 6.75. The summed E-state index contributed by atoms with van der Waals surface area (Å²) >= 11 is 2.09. The minimum absolute atomic E-state index is 0.159. The Labute approximate surface area is 65.2 Å². The van der Waals surface area contributed by atoms with Gasteiger partial charge in [0.25, 0.3) is 0 Å². The number of aliphatic hydroxyl groups excluding tert-OH is 1. The molecule has 0 fully saturated rings. The first kappa shape index (κ1) is 9.33. The van der Waals surface area contributed by atoms with Gasteiger partial charge in [-0.25, -0.2) is 0 Å². The molecule has 0 heterocycles. The Kier molecular flexibility index (Phi) is 3.91. The van der Waals surface area contributed by atoms with Crippen molar-refractivity contribution in [2.45, 2.75) is 12.8 Å². The molecule has 2 N–H and O–H groups in total. The first-order valence-electron chi connectivity index (χ1n) is 2.52. The number of hydrogen-bond acceptors (Lipinski definition) is 3. The van der Waals surface area contributed by atoms with Crippen LogP contribution in [0.1, 0.15) is 12.8 Å². The van der Waals surface area contributed by atoms with Gasteiger partial charge in [0.2, 0.25) is 0 Å². The van der Waals surface area contributed by atoms with Gasteiger partial charge in [-0.05, 0) is 0 Å². The molecule has 0 radical (unpaired) electrons. The summed E-state index contributed by atoms with van der Waals surface area (Å²) in [6, 6.07) is 0. The standard InChI is InChI=1S/C5H6O4Se/c6-3(5(9)10)1-2-4(7)8/h1-2H2,(H,7,8)(H,9,10). The van der Waals surface area contributed by atoms with Crippen molar-refractivity contribution in [2.24, 2.45) is 0 Å². The Morgan fingerprint density at radius 2 is 1.70 bits per heavy atom. The van der Waals surface area contributed by atoms with E-state index in [0.29, 0.717) is 0 Å². The predicted molar refractivity (Wildman–Crippen MR) is 34.6 cm³/mol. The molecule has 5 heteroatoms. The fourth-order valence-electron chi connectivity index (χ4n) is 0.327. The number of carboxylic acid groups (broad SMARTS) is 1. The SMILES string of the molecule is O=C(O)CCC(=O)C(O)=[Se]. The van der Waals surface area contributed by atoms with Crippen molar-refractivity contribution in [3.63, 3.8) is 0 Å². The van der Waals surface area contributed by atoms with Gasteiger partial charge in [0, 0.05) is 0 Å². The van der Waals surface area contributed by atoms with Gasteiger partial charge in [-0.2, -0.15) is 0 Å². The van der Waals surface area contributed by atoms with Crippen LogP contribution in [0.5, 0.6) is 0 Å². The minimum atomic E-state index is -1.05. The van der Waals surface area contributed by atoms with Gasteiger partial charge >= 0.3 is 64.6 Å². The molecule has 0 aromatic rings. The van der Waals surface area contributed by atoms with E-state index in [4.69, 9.17) is 10.2 Å². The molecule has 10 heavy (non-hydrogen) atoms. The van der Waals surface area contributed by atoms with E-state index in [9.17, 15) is 9.59 Å². The number of carboxylic acids is 1. The molecule has 0 spiro atoms. The van der Waals surface area contributed by atoms with Crippen LogP contribution in [-0.2, 0) is 9.59 Å². The summed E-state index contributed by atoms with van der Waals surface area (Å²) in [5.41, 5.74) is 0.